The van der Waals surface area contributed by atoms with Crippen molar-refractivity contribution in [1.29, 1.82) is 0 Å². The highest BCUT2D eigenvalue weighted by Crippen LogP contribution is 2.06. The zero-order chi connectivity index (χ0) is 30.3. The van der Waals surface area contributed by atoms with Gasteiger partial charge in [0.2, 0.25) is 5.91 Å². The van der Waals surface area contributed by atoms with E-state index in [4.69, 9.17) is 0 Å². The lowest BCUT2D eigenvalue weighted by Crippen LogP contribution is -2.51. The molecular formula is C26H49N6O8+. The Bertz CT molecular complexity index is 818. The van der Waals surface area contributed by atoms with Crippen molar-refractivity contribution in [1.82, 2.24) is 24.9 Å². The summed E-state index contributed by atoms with van der Waals surface area (Å²) in [4.78, 5) is 66.3. The lowest BCUT2D eigenvalue weighted by molar-refractivity contribution is -0.870. The van der Waals surface area contributed by atoms with Crippen LogP contribution in [0.15, 0.2) is 0 Å². The minimum atomic E-state index is -1.02. The number of nitrogens with one attached hydrogen (secondary N) is 1. The van der Waals surface area contributed by atoms with Gasteiger partial charge >= 0.3 is 17.9 Å². The van der Waals surface area contributed by atoms with E-state index >= 15 is 0 Å². The number of hydrogen-bond acceptors (Lipinski definition) is 9. The van der Waals surface area contributed by atoms with Crippen molar-refractivity contribution in [3.8, 4) is 0 Å². The second-order valence-electron chi connectivity index (χ2n) is 11.5. The van der Waals surface area contributed by atoms with Crippen LogP contribution in [0, 0.1) is 0 Å². The molecule has 4 N–H and O–H groups in total. The first-order valence-electron chi connectivity index (χ1n) is 13.8. The molecule has 1 atom stereocenters. The molecule has 230 valence electrons. The molecule has 0 bridgehead atoms. The van der Waals surface area contributed by atoms with Gasteiger partial charge in [-0.2, -0.15) is 0 Å². The normalized spacial score (nSPS) is 18.3. The molecule has 14 nitrogen and oxygen atoms in total. The number of rotatable bonds is 15. The first kappa shape index (κ1) is 35.4. The Morgan fingerprint density at radius 2 is 1.00 bits per heavy atom. The molecule has 0 aliphatic carbocycles. The Hall–Kier alpha value is -2.65. The van der Waals surface area contributed by atoms with E-state index in [1.54, 1.807) is 14.7 Å². The third-order valence-electron chi connectivity index (χ3n) is 6.77. The van der Waals surface area contributed by atoms with Crippen LogP contribution in [0.4, 0.5) is 0 Å². The summed E-state index contributed by atoms with van der Waals surface area (Å²) in [5.41, 5.74) is 0. The second-order valence-corrected chi connectivity index (χ2v) is 11.5. The number of aliphatic carboxylic acids is 3. The SMILES string of the molecule is CC(=O)C(CCCC[N+](C)(C)C)NC(=O)CN1CCN(CC(=O)O)CCN(CC(=O)O)CCN(CC(=O)O)CC1. The number of hydrogen-bond donors (Lipinski definition) is 4. The van der Waals surface area contributed by atoms with E-state index < -0.39 is 23.9 Å². The maximum atomic E-state index is 13.0. The van der Waals surface area contributed by atoms with Crippen molar-refractivity contribution in [3.63, 3.8) is 0 Å². The molecule has 0 aromatic rings. The van der Waals surface area contributed by atoms with Gasteiger partial charge in [-0.3, -0.25) is 43.6 Å². The van der Waals surface area contributed by atoms with Crippen LogP contribution in [0.25, 0.3) is 0 Å². The molecule has 1 saturated heterocycles. The molecule has 1 amide bonds. The molecule has 0 aromatic heterocycles. The summed E-state index contributed by atoms with van der Waals surface area (Å²) in [6, 6.07) is -0.584. The smallest absolute Gasteiger partial charge is 0.317 e. The number of ketones is 1. The molecule has 0 radical (unpaired) electrons. The van der Waals surface area contributed by atoms with Gasteiger partial charge in [-0.15, -0.1) is 0 Å². The number of Topliss-reactive ketones (excluding diaryl/α,β-unsaturated/α-hetero) is 1. The van der Waals surface area contributed by atoms with Gasteiger partial charge in [0.25, 0.3) is 0 Å². The predicted molar refractivity (Wildman–Crippen MR) is 148 cm³/mol. The van der Waals surface area contributed by atoms with Gasteiger partial charge in [0, 0.05) is 52.4 Å². The van der Waals surface area contributed by atoms with Crippen molar-refractivity contribution in [2.75, 3.05) is 106 Å². The molecule has 1 rings (SSSR count). The van der Waals surface area contributed by atoms with Gasteiger partial charge in [-0.05, 0) is 26.2 Å². The van der Waals surface area contributed by atoms with Crippen LogP contribution in [-0.4, -0.2) is 181 Å². The van der Waals surface area contributed by atoms with Crippen LogP contribution in [0.3, 0.4) is 0 Å². The van der Waals surface area contributed by atoms with E-state index in [0.717, 1.165) is 23.9 Å². The molecular weight excluding hydrogens is 524 g/mol. The highest BCUT2D eigenvalue weighted by Gasteiger charge is 2.23. The topological polar surface area (TPSA) is 171 Å². The minimum absolute atomic E-state index is 0.0182. The Labute approximate surface area is 237 Å². The van der Waals surface area contributed by atoms with E-state index in [1.165, 1.54) is 6.92 Å². The van der Waals surface area contributed by atoms with Crippen LogP contribution in [0.2, 0.25) is 0 Å². The summed E-state index contributed by atoms with van der Waals surface area (Å²) in [6.07, 6.45) is 2.28. The third kappa shape index (κ3) is 17.1. The average Bonchev–Trinajstić information content (AvgIpc) is 2.80. The van der Waals surface area contributed by atoms with Crippen molar-refractivity contribution >= 4 is 29.6 Å². The molecule has 1 unspecified atom stereocenters. The van der Waals surface area contributed by atoms with E-state index in [2.05, 4.69) is 26.5 Å². The maximum Gasteiger partial charge on any atom is 0.317 e. The van der Waals surface area contributed by atoms with Gasteiger partial charge in [-0.25, -0.2) is 0 Å². The summed E-state index contributed by atoms with van der Waals surface area (Å²) in [7, 11) is 6.30. The van der Waals surface area contributed by atoms with E-state index in [9.17, 15) is 39.3 Å². The Kier molecular flexibility index (Phi) is 15.8. The van der Waals surface area contributed by atoms with E-state index in [1.807, 2.05) is 4.90 Å². The molecule has 1 fully saturated rings. The van der Waals surface area contributed by atoms with Crippen LogP contribution < -0.4 is 5.32 Å². The van der Waals surface area contributed by atoms with Gasteiger partial charge < -0.3 is 25.1 Å². The van der Waals surface area contributed by atoms with Crippen LogP contribution in [0.5, 0.6) is 0 Å². The van der Waals surface area contributed by atoms with E-state index in [-0.39, 0.29) is 37.9 Å². The van der Waals surface area contributed by atoms with E-state index in [0.29, 0.717) is 58.8 Å². The monoisotopic (exact) mass is 573 g/mol. The third-order valence-corrected chi connectivity index (χ3v) is 6.77. The number of nitrogens with zero attached hydrogens (tertiary/aromatic N) is 5. The summed E-state index contributed by atoms with van der Waals surface area (Å²) in [6.45, 7) is 4.24. The zero-order valence-corrected chi connectivity index (χ0v) is 24.5. The average molecular weight is 574 g/mol. The van der Waals surface area contributed by atoms with Gasteiger partial charge in [0.1, 0.15) is 0 Å². The highest BCUT2D eigenvalue weighted by molar-refractivity contribution is 5.88. The molecule has 40 heavy (non-hydrogen) atoms. The quantitative estimate of drug-likeness (QED) is 0.131. The Morgan fingerprint density at radius 3 is 1.30 bits per heavy atom. The van der Waals surface area contributed by atoms with Gasteiger partial charge in [0.05, 0.1) is 59.9 Å². The van der Waals surface area contributed by atoms with Gasteiger partial charge in [-0.1, -0.05) is 0 Å². The fraction of sp³-hybridized carbons (Fsp3) is 0.808. The fourth-order valence-corrected chi connectivity index (χ4v) is 4.54. The number of unbranched alkanes of at least 4 members (excludes halogenated alkanes) is 1. The van der Waals surface area contributed by atoms with Crippen LogP contribution in [0.1, 0.15) is 26.2 Å². The fourth-order valence-electron chi connectivity index (χ4n) is 4.54. The van der Waals surface area contributed by atoms with Crippen molar-refractivity contribution in [2.45, 2.75) is 32.2 Å². The summed E-state index contributed by atoms with van der Waals surface area (Å²) in [5, 5.41) is 30.8. The lowest BCUT2D eigenvalue weighted by Gasteiger charge is -2.33. The number of carbonyl (C=O) groups excluding carboxylic acids is 2. The standard InChI is InChI=1S/C26H48N6O8/c1-21(33)22(7-5-6-16-32(2,3)4)27-23(34)17-28-8-10-29(18-24(35)36)12-14-31(20-26(39)40)15-13-30(11-9-28)19-25(37)38/h22H,5-20H2,1-4H3,(H3-,27,34,35,36,37,38,39,40)/p+1. The Balaban J connectivity index is 2.92. The second kappa shape index (κ2) is 17.9. The molecule has 0 aromatic carbocycles. The number of carboxylic acids is 3. The highest BCUT2D eigenvalue weighted by atomic mass is 16.4. The summed E-state index contributed by atoms with van der Waals surface area (Å²) < 4.78 is 0.821. The van der Waals surface area contributed by atoms with Crippen LogP contribution >= 0.6 is 0 Å². The first-order valence-corrected chi connectivity index (χ1v) is 13.8. The number of quaternary nitrogens is 1. The van der Waals surface area contributed by atoms with Crippen molar-refractivity contribution in [2.24, 2.45) is 0 Å². The molecule has 1 heterocycles. The largest absolute Gasteiger partial charge is 0.480 e. The number of carbonyl (C=O) groups is 5. The molecule has 0 spiro atoms. The summed E-state index contributed by atoms with van der Waals surface area (Å²) >= 11 is 0. The molecule has 1 aliphatic heterocycles. The predicted octanol–water partition coefficient (Wildman–Crippen LogP) is -1.59. The van der Waals surface area contributed by atoms with Gasteiger partial charge in [0.15, 0.2) is 5.78 Å². The first-order chi connectivity index (χ1) is 18.6. The number of amides is 1. The summed E-state index contributed by atoms with van der Waals surface area (Å²) in [5.74, 6) is -3.47. The minimum Gasteiger partial charge on any atom is -0.480 e. The molecule has 0 saturated carbocycles. The van der Waals surface area contributed by atoms with Crippen molar-refractivity contribution in [3.05, 3.63) is 0 Å². The van der Waals surface area contributed by atoms with Crippen molar-refractivity contribution < 1.29 is 43.8 Å². The maximum absolute atomic E-state index is 13.0. The Morgan fingerprint density at radius 1 is 0.650 bits per heavy atom. The zero-order valence-electron chi connectivity index (χ0n) is 24.5. The number of carboxylic acid groups (broad SMARTS) is 3. The molecule has 1 aliphatic rings. The van der Waals surface area contributed by atoms with Crippen LogP contribution in [-0.2, 0) is 24.0 Å². The lowest BCUT2D eigenvalue weighted by atomic mass is 10.1. The molecule has 14 heteroatoms.